The van der Waals surface area contributed by atoms with Crippen molar-refractivity contribution in [1.29, 1.82) is 0 Å². The van der Waals surface area contributed by atoms with E-state index in [1.54, 1.807) is 44.3 Å². The van der Waals surface area contributed by atoms with Crippen LogP contribution in [0, 0.1) is 5.41 Å². The molecule has 2 aliphatic heterocycles. The number of thioether (sulfide) groups is 2. The molecule has 2 rings (SSSR count). The first-order valence-electron chi connectivity index (χ1n) is 9.05. The number of amides is 2. The Hall–Kier alpha value is -1.09. The van der Waals surface area contributed by atoms with E-state index in [1.807, 2.05) is 20.8 Å². The molecule has 2 aliphatic rings. The maximum Gasteiger partial charge on any atom is 0.408 e. The summed E-state index contributed by atoms with van der Waals surface area (Å²) in [6.07, 6.45) is -0.256. The topological polar surface area (TPSA) is 95.9 Å². The normalized spacial score (nSPS) is 23.3. The molecule has 0 bridgehead atoms. The number of hydrogen-bond acceptors (Lipinski definition) is 6. The zero-order chi connectivity index (χ0) is 20.6. The van der Waals surface area contributed by atoms with E-state index in [2.05, 4.69) is 5.32 Å². The van der Waals surface area contributed by atoms with Gasteiger partial charge in [0.15, 0.2) is 0 Å². The molecule has 154 valence electrons. The van der Waals surface area contributed by atoms with E-state index in [0.29, 0.717) is 13.0 Å². The Morgan fingerprint density at radius 1 is 1.15 bits per heavy atom. The third-order valence-corrected chi connectivity index (χ3v) is 7.87. The highest BCUT2D eigenvalue weighted by atomic mass is 32.2. The van der Waals surface area contributed by atoms with Crippen LogP contribution < -0.4 is 5.32 Å². The van der Waals surface area contributed by atoms with E-state index < -0.39 is 35.2 Å². The molecule has 0 radical (unpaired) electrons. The molecular weight excluding hydrogens is 388 g/mol. The lowest BCUT2D eigenvalue weighted by atomic mass is 9.85. The van der Waals surface area contributed by atoms with Crippen LogP contribution in [0.15, 0.2) is 0 Å². The number of ether oxygens (including phenoxy) is 1. The first kappa shape index (κ1) is 22.2. The van der Waals surface area contributed by atoms with Crippen molar-refractivity contribution in [3.63, 3.8) is 0 Å². The van der Waals surface area contributed by atoms with E-state index >= 15 is 0 Å². The smallest absolute Gasteiger partial charge is 0.408 e. The number of aliphatic carboxylic acids is 1. The van der Waals surface area contributed by atoms with E-state index in [0.717, 1.165) is 11.5 Å². The fourth-order valence-corrected chi connectivity index (χ4v) is 6.49. The molecule has 1 spiro atoms. The van der Waals surface area contributed by atoms with Crippen LogP contribution in [0.1, 0.15) is 48.0 Å². The number of hydrogen-bond donors (Lipinski definition) is 2. The Balaban J connectivity index is 2.23. The summed E-state index contributed by atoms with van der Waals surface area (Å²) < 4.78 is 5.04. The van der Waals surface area contributed by atoms with Gasteiger partial charge in [0, 0.05) is 24.5 Å². The molecule has 2 N–H and O–H groups in total. The first-order chi connectivity index (χ1) is 12.2. The standard InChI is InChI=1S/C18H30N2O5S2/c1-16(2,3)12(19-15(24)25-17(4,5)6)13(21)20-10-18(26-7-8-27-18)9-11(20)14(22)23/h11-12H,7-10H2,1-6H3,(H,19,24)(H,22,23)/t11-,12+/m0/s1. The van der Waals surface area contributed by atoms with Crippen LogP contribution in [0.4, 0.5) is 4.79 Å². The maximum atomic E-state index is 13.3. The monoisotopic (exact) mass is 418 g/mol. The number of carboxylic acids is 1. The lowest BCUT2D eigenvalue weighted by Crippen LogP contribution is -2.57. The first-order valence-corrected chi connectivity index (χ1v) is 11.0. The van der Waals surface area contributed by atoms with E-state index in [-0.39, 0.29) is 9.99 Å². The van der Waals surface area contributed by atoms with Crippen LogP contribution in [0.2, 0.25) is 0 Å². The molecule has 2 amide bonds. The predicted molar refractivity (Wildman–Crippen MR) is 108 cm³/mol. The van der Waals surface area contributed by atoms with Gasteiger partial charge >= 0.3 is 12.1 Å². The molecule has 0 aromatic heterocycles. The van der Waals surface area contributed by atoms with Gasteiger partial charge in [-0.3, -0.25) is 4.79 Å². The van der Waals surface area contributed by atoms with Gasteiger partial charge in [-0.05, 0) is 26.2 Å². The van der Waals surface area contributed by atoms with Crippen LogP contribution in [-0.4, -0.2) is 67.8 Å². The number of nitrogens with one attached hydrogen (secondary N) is 1. The minimum absolute atomic E-state index is 0.257. The summed E-state index contributed by atoms with van der Waals surface area (Å²) in [4.78, 5) is 38.8. The quantitative estimate of drug-likeness (QED) is 0.727. The zero-order valence-corrected chi connectivity index (χ0v) is 18.5. The molecular formula is C18H30N2O5S2. The fraction of sp³-hybridized carbons (Fsp3) is 0.833. The number of rotatable bonds is 3. The van der Waals surface area contributed by atoms with Gasteiger partial charge in [0.2, 0.25) is 5.91 Å². The molecule has 27 heavy (non-hydrogen) atoms. The summed E-state index contributed by atoms with van der Waals surface area (Å²) in [5.74, 6) is 0.541. The van der Waals surface area contributed by atoms with Crippen molar-refractivity contribution < 1.29 is 24.2 Å². The van der Waals surface area contributed by atoms with E-state index in [4.69, 9.17) is 4.74 Å². The summed E-state index contributed by atoms with van der Waals surface area (Å²) in [5, 5.41) is 12.3. The maximum absolute atomic E-state index is 13.3. The Bertz CT molecular complexity index is 606. The average Bonchev–Trinajstić information content (AvgIpc) is 3.09. The largest absolute Gasteiger partial charge is 0.480 e. The molecule has 0 aromatic carbocycles. The fourth-order valence-electron chi connectivity index (χ4n) is 3.24. The number of likely N-dealkylation sites (tertiary alicyclic amines) is 1. The van der Waals surface area contributed by atoms with Gasteiger partial charge in [0.25, 0.3) is 0 Å². The van der Waals surface area contributed by atoms with Crippen molar-refractivity contribution in [3.8, 4) is 0 Å². The highest BCUT2D eigenvalue weighted by Crippen LogP contribution is 2.52. The molecule has 2 fully saturated rings. The van der Waals surface area contributed by atoms with Crippen molar-refractivity contribution in [2.75, 3.05) is 18.1 Å². The van der Waals surface area contributed by atoms with Crippen LogP contribution in [0.3, 0.4) is 0 Å². The Labute approximate surface area is 169 Å². The SMILES string of the molecule is CC(C)(C)OC(=O)N[C@H](C(=O)N1CC2(C[C@H]1C(=O)O)SCCS2)C(C)(C)C. The van der Waals surface area contributed by atoms with Crippen LogP contribution >= 0.6 is 23.5 Å². The van der Waals surface area contributed by atoms with Gasteiger partial charge in [-0.15, -0.1) is 23.5 Å². The molecule has 2 heterocycles. The second kappa shape index (κ2) is 7.73. The Morgan fingerprint density at radius 3 is 2.15 bits per heavy atom. The number of carbonyl (C=O) groups excluding carboxylic acids is 2. The minimum atomic E-state index is -1.00. The molecule has 2 saturated heterocycles. The van der Waals surface area contributed by atoms with Gasteiger partial charge in [0.05, 0.1) is 4.08 Å². The Kier molecular flexibility index (Phi) is 6.36. The van der Waals surface area contributed by atoms with Crippen molar-refractivity contribution in [2.45, 2.75) is 69.7 Å². The minimum Gasteiger partial charge on any atom is -0.480 e. The third-order valence-electron chi connectivity index (χ3n) is 4.45. The lowest BCUT2D eigenvalue weighted by molar-refractivity contribution is -0.150. The predicted octanol–water partition coefficient (Wildman–Crippen LogP) is 2.79. The molecule has 0 aromatic rings. The zero-order valence-electron chi connectivity index (χ0n) is 16.8. The molecule has 0 unspecified atom stereocenters. The van der Waals surface area contributed by atoms with Crippen molar-refractivity contribution >= 4 is 41.5 Å². The number of alkyl carbamates (subject to hydrolysis) is 1. The summed E-state index contributed by atoms with van der Waals surface area (Å²) in [7, 11) is 0. The average molecular weight is 419 g/mol. The summed E-state index contributed by atoms with van der Waals surface area (Å²) in [6.45, 7) is 11.1. The van der Waals surface area contributed by atoms with Gasteiger partial charge in [-0.25, -0.2) is 9.59 Å². The van der Waals surface area contributed by atoms with Gasteiger partial charge in [-0.2, -0.15) is 0 Å². The van der Waals surface area contributed by atoms with Gasteiger partial charge in [-0.1, -0.05) is 20.8 Å². The lowest BCUT2D eigenvalue weighted by Gasteiger charge is -2.35. The summed E-state index contributed by atoms with van der Waals surface area (Å²) >= 11 is 3.46. The van der Waals surface area contributed by atoms with Crippen LogP contribution in [0.25, 0.3) is 0 Å². The Morgan fingerprint density at radius 2 is 1.70 bits per heavy atom. The van der Waals surface area contributed by atoms with Gasteiger partial charge in [0.1, 0.15) is 17.7 Å². The molecule has 7 nitrogen and oxygen atoms in total. The second-order valence-electron chi connectivity index (χ2n) is 9.08. The van der Waals surface area contributed by atoms with Crippen molar-refractivity contribution in [2.24, 2.45) is 5.41 Å². The molecule has 0 saturated carbocycles. The number of carbonyl (C=O) groups is 3. The number of nitrogens with zero attached hydrogens (tertiary/aromatic N) is 1. The highest BCUT2D eigenvalue weighted by molar-refractivity contribution is 8.21. The summed E-state index contributed by atoms with van der Waals surface area (Å²) in [5.41, 5.74) is -1.28. The molecule has 0 aliphatic carbocycles. The molecule has 2 atom stereocenters. The van der Waals surface area contributed by atoms with Crippen LogP contribution in [0.5, 0.6) is 0 Å². The van der Waals surface area contributed by atoms with Gasteiger partial charge < -0.3 is 20.1 Å². The summed E-state index contributed by atoms with van der Waals surface area (Å²) in [6, 6.07) is -1.75. The second-order valence-corrected chi connectivity index (χ2v) is 12.3. The van der Waals surface area contributed by atoms with Crippen LogP contribution in [-0.2, 0) is 14.3 Å². The molecule has 9 heteroatoms. The van der Waals surface area contributed by atoms with E-state index in [1.165, 1.54) is 4.90 Å². The van der Waals surface area contributed by atoms with Crippen molar-refractivity contribution in [3.05, 3.63) is 0 Å². The third kappa shape index (κ3) is 5.47. The van der Waals surface area contributed by atoms with Crippen molar-refractivity contribution in [1.82, 2.24) is 10.2 Å². The van der Waals surface area contributed by atoms with E-state index in [9.17, 15) is 19.5 Å². The number of carboxylic acid groups (broad SMARTS) is 1. The highest BCUT2D eigenvalue weighted by Gasteiger charge is 2.53.